The van der Waals surface area contributed by atoms with Gasteiger partial charge in [0.2, 0.25) is 0 Å². The second-order valence-electron chi connectivity index (χ2n) is 6.97. The molecule has 158 valence electrons. The van der Waals surface area contributed by atoms with Crippen molar-refractivity contribution in [3.05, 3.63) is 96.2 Å². The summed E-state index contributed by atoms with van der Waals surface area (Å²) < 4.78 is 2.50. The van der Waals surface area contributed by atoms with E-state index in [9.17, 15) is 14.4 Å². The molecule has 4 rings (SSSR count). The fourth-order valence-corrected chi connectivity index (χ4v) is 4.22. The molecule has 1 aromatic carbocycles. The highest BCUT2D eigenvalue weighted by Gasteiger charge is 2.17. The van der Waals surface area contributed by atoms with Gasteiger partial charge in [0, 0.05) is 29.5 Å². The van der Waals surface area contributed by atoms with Gasteiger partial charge in [-0.3, -0.25) is 18.6 Å². The van der Waals surface area contributed by atoms with Gasteiger partial charge < -0.3 is 11.1 Å². The van der Waals surface area contributed by atoms with Crippen LogP contribution in [0, 0.1) is 6.92 Å². The summed E-state index contributed by atoms with van der Waals surface area (Å²) >= 11 is 7.00. The van der Waals surface area contributed by atoms with E-state index < -0.39 is 5.69 Å². The molecule has 0 unspecified atom stereocenters. The monoisotopic (exact) mass is 455 g/mol. The minimum absolute atomic E-state index is 0.111. The second kappa shape index (κ2) is 8.37. The van der Waals surface area contributed by atoms with E-state index >= 15 is 0 Å². The lowest BCUT2D eigenvalue weighted by molar-refractivity contribution is 0.0954. The average molecular weight is 456 g/mol. The normalized spacial score (nSPS) is 11.0. The van der Waals surface area contributed by atoms with E-state index in [2.05, 4.69) is 10.3 Å². The Labute approximate surface area is 185 Å². The van der Waals surface area contributed by atoms with Crippen molar-refractivity contribution in [1.29, 1.82) is 0 Å². The third-order valence-corrected chi connectivity index (χ3v) is 6.23. The topological polar surface area (TPSA) is 111 Å². The zero-order valence-electron chi connectivity index (χ0n) is 16.5. The van der Waals surface area contributed by atoms with Crippen LogP contribution in [0.25, 0.3) is 4.83 Å². The molecule has 10 heteroatoms. The Bertz CT molecular complexity index is 1390. The fourth-order valence-electron chi connectivity index (χ4n) is 3.09. The number of nitrogen functional groups attached to an aromatic ring is 1. The van der Waals surface area contributed by atoms with Crippen LogP contribution in [-0.4, -0.2) is 19.9 Å². The number of anilines is 1. The first-order chi connectivity index (χ1) is 14.8. The molecule has 4 aromatic rings. The number of hydrogen-bond donors (Lipinski definition) is 2. The Morgan fingerprint density at radius 3 is 2.55 bits per heavy atom. The molecule has 1 amide bonds. The highest BCUT2D eigenvalue weighted by molar-refractivity contribution is 7.19. The Balaban J connectivity index is 1.64. The summed E-state index contributed by atoms with van der Waals surface area (Å²) in [5.41, 5.74) is 6.64. The Hall–Kier alpha value is -3.43. The van der Waals surface area contributed by atoms with Crippen LogP contribution < -0.4 is 22.3 Å². The van der Waals surface area contributed by atoms with E-state index in [-0.39, 0.29) is 24.6 Å². The number of rotatable bonds is 5. The minimum Gasteiger partial charge on any atom is -0.384 e. The van der Waals surface area contributed by atoms with Crippen LogP contribution in [0.4, 0.5) is 5.82 Å². The number of amides is 1. The molecule has 0 bridgehead atoms. The number of hydrogen-bond acceptors (Lipinski definition) is 6. The number of nitrogens with zero attached hydrogens (tertiary/aromatic N) is 3. The number of nitrogens with one attached hydrogen (secondary N) is 1. The number of aryl methyl sites for hydroxylation is 1. The smallest absolute Gasteiger partial charge is 0.336 e. The number of aromatic nitrogens is 3. The molecule has 0 spiro atoms. The van der Waals surface area contributed by atoms with Gasteiger partial charge in [0.1, 0.15) is 15.5 Å². The molecule has 0 aliphatic carbocycles. The maximum absolute atomic E-state index is 13.0. The number of halogens is 1. The Kier molecular flexibility index (Phi) is 5.62. The lowest BCUT2D eigenvalue weighted by atomic mass is 10.2. The fraction of sp³-hybridized carbons (Fsp3) is 0.143. The highest BCUT2D eigenvalue weighted by Crippen LogP contribution is 2.18. The summed E-state index contributed by atoms with van der Waals surface area (Å²) in [7, 11) is 0. The molecule has 0 radical (unpaired) electrons. The van der Waals surface area contributed by atoms with Gasteiger partial charge in [-0.25, -0.2) is 9.78 Å². The summed E-state index contributed by atoms with van der Waals surface area (Å²) in [5, 5.41) is 3.36. The molecular formula is C21H18ClN5O3S. The van der Waals surface area contributed by atoms with Crippen molar-refractivity contribution in [3.8, 4) is 0 Å². The van der Waals surface area contributed by atoms with Gasteiger partial charge in [0.15, 0.2) is 0 Å². The number of nitrogens with two attached hydrogens (primary N) is 1. The molecular weight excluding hydrogens is 438 g/mol. The molecule has 0 saturated carbocycles. The van der Waals surface area contributed by atoms with Crippen molar-refractivity contribution in [2.45, 2.75) is 20.0 Å². The summed E-state index contributed by atoms with van der Waals surface area (Å²) in [4.78, 5) is 43.1. The summed E-state index contributed by atoms with van der Waals surface area (Å²) in [6.07, 6.45) is 3.04. The standard InChI is InChI=1S/C21H18ClN5O3S/c1-12-19(29)26(10-13-2-5-15(22)6-3-13)21(30)27-11-16(31-20(12)27)18(28)25-9-14-4-7-17(23)24-8-14/h2-8,11H,9-10H2,1H3,(H2,23,24)(H,25,28). The van der Waals surface area contributed by atoms with Crippen LogP contribution >= 0.6 is 22.9 Å². The van der Waals surface area contributed by atoms with E-state index in [4.69, 9.17) is 17.3 Å². The van der Waals surface area contributed by atoms with E-state index in [1.165, 1.54) is 10.6 Å². The van der Waals surface area contributed by atoms with Crippen LogP contribution in [0.15, 0.2) is 58.4 Å². The van der Waals surface area contributed by atoms with Gasteiger partial charge in [-0.15, -0.1) is 11.3 Å². The zero-order valence-corrected chi connectivity index (χ0v) is 18.0. The van der Waals surface area contributed by atoms with Crippen LogP contribution in [0.1, 0.15) is 26.4 Å². The first-order valence-electron chi connectivity index (χ1n) is 9.32. The third-order valence-electron chi connectivity index (χ3n) is 4.77. The average Bonchev–Trinajstić information content (AvgIpc) is 3.22. The van der Waals surface area contributed by atoms with Gasteiger partial charge in [0.05, 0.1) is 6.54 Å². The summed E-state index contributed by atoms with van der Waals surface area (Å²) in [6.45, 7) is 2.02. The molecule has 3 N–H and O–H groups in total. The molecule has 0 saturated heterocycles. The molecule has 0 aliphatic heterocycles. The molecule has 0 fully saturated rings. The van der Waals surface area contributed by atoms with Crippen molar-refractivity contribution in [2.75, 3.05) is 5.73 Å². The van der Waals surface area contributed by atoms with E-state index in [1.807, 2.05) is 0 Å². The number of carbonyl (C=O) groups is 1. The molecule has 3 aromatic heterocycles. The third kappa shape index (κ3) is 4.23. The van der Waals surface area contributed by atoms with E-state index in [0.717, 1.165) is 27.0 Å². The Morgan fingerprint density at radius 1 is 1.16 bits per heavy atom. The molecule has 31 heavy (non-hydrogen) atoms. The summed E-state index contributed by atoms with van der Waals surface area (Å²) in [6, 6.07) is 10.3. The minimum atomic E-state index is -0.501. The number of pyridine rings is 1. The first-order valence-corrected chi connectivity index (χ1v) is 10.5. The van der Waals surface area contributed by atoms with Gasteiger partial charge >= 0.3 is 5.69 Å². The Morgan fingerprint density at radius 2 is 1.87 bits per heavy atom. The SMILES string of the molecule is Cc1c(=O)n(Cc2ccc(Cl)cc2)c(=O)n2cc(C(=O)NCc3ccc(N)nc3)sc12. The van der Waals surface area contributed by atoms with Crippen LogP contribution in [0.2, 0.25) is 5.02 Å². The van der Waals surface area contributed by atoms with Gasteiger partial charge in [-0.05, 0) is 36.2 Å². The highest BCUT2D eigenvalue weighted by atomic mass is 35.5. The van der Waals surface area contributed by atoms with Crippen molar-refractivity contribution in [3.63, 3.8) is 0 Å². The van der Waals surface area contributed by atoms with Crippen molar-refractivity contribution in [2.24, 2.45) is 0 Å². The predicted octanol–water partition coefficient (Wildman–Crippen LogP) is 2.44. The predicted molar refractivity (Wildman–Crippen MR) is 121 cm³/mol. The lowest BCUT2D eigenvalue weighted by Crippen LogP contribution is -2.38. The number of fused-ring (bicyclic) bond motifs is 1. The van der Waals surface area contributed by atoms with Crippen molar-refractivity contribution < 1.29 is 4.79 Å². The lowest BCUT2D eigenvalue weighted by Gasteiger charge is -2.07. The van der Waals surface area contributed by atoms with Crippen LogP contribution in [0.5, 0.6) is 0 Å². The number of benzene rings is 1. The largest absolute Gasteiger partial charge is 0.384 e. The molecule has 3 heterocycles. The summed E-state index contributed by atoms with van der Waals surface area (Å²) in [5.74, 6) is 0.0516. The first kappa shape index (κ1) is 20.8. The van der Waals surface area contributed by atoms with Gasteiger partial charge in [-0.1, -0.05) is 29.8 Å². The quantitative estimate of drug-likeness (QED) is 0.480. The van der Waals surface area contributed by atoms with E-state index in [0.29, 0.717) is 26.1 Å². The molecule has 0 aliphatic rings. The van der Waals surface area contributed by atoms with Crippen molar-refractivity contribution in [1.82, 2.24) is 19.3 Å². The maximum Gasteiger partial charge on any atom is 0.336 e. The maximum atomic E-state index is 13.0. The van der Waals surface area contributed by atoms with Gasteiger partial charge in [-0.2, -0.15) is 0 Å². The number of carbonyl (C=O) groups excluding carboxylic acids is 1. The van der Waals surface area contributed by atoms with Gasteiger partial charge in [0.25, 0.3) is 11.5 Å². The van der Waals surface area contributed by atoms with Crippen LogP contribution in [0.3, 0.4) is 0 Å². The molecule has 0 atom stereocenters. The van der Waals surface area contributed by atoms with Crippen molar-refractivity contribution >= 4 is 39.5 Å². The van der Waals surface area contributed by atoms with E-state index in [1.54, 1.807) is 49.5 Å². The zero-order chi connectivity index (χ0) is 22.1. The molecule has 8 nitrogen and oxygen atoms in total. The second-order valence-corrected chi connectivity index (χ2v) is 8.44. The van der Waals surface area contributed by atoms with Crippen LogP contribution in [-0.2, 0) is 13.1 Å². The number of thiazole rings is 1.